The van der Waals surface area contributed by atoms with Crippen molar-refractivity contribution in [1.82, 2.24) is 25.2 Å². The van der Waals surface area contributed by atoms with Crippen LogP contribution < -0.4 is 0 Å². The van der Waals surface area contributed by atoms with E-state index in [-0.39, 0.29) is 0 Å². The summed E-state index contributed by atoms with van der Waals surface area (Å²) in [4.78, 5) is 6.12. The summed E-state index contributed by atoms with van der Waals surface area (Å²) in [7, 11) is 1.99. The van der Waals surface area contributed by atoms with Crippen LogP contribution in [0.5, 0.6) is 0 Å². The molecule has 0 radical (unpaired) electrons. The van der Waals surface area contributed by atoms with Gasteiger partial charge >= 0.3 is 0 Å². The first-order valence-electron chi connectivity index (χ1n) is 6.96. The van der Waals surface area contributed by atoms with Gasteiger partial charge in [-0.3, -0.25) is 9.88 Å². The summed E-state index contributed by atoms with van der Waals surface area (Å²) in [5.41, 5.74) is 2.81. The van der Waals surface area contributed by atoms with Gasteiger partial charge in [-0.25, -0.2) is 0 Å². The molecule has 0 saturated carbocycles. The number of rotatable bonds is 5. The molecule has 0 unspecified atom stereocenters. The Labute approximate surface area is 128 Å². The number of nitrogens with zero attached hydrogens (tertiary/aromatic N) is 5. The fraction of sp³-hybridized carbons (Fsp3) is 0.333. The highest BCUT2D eigenvalue weighted by molar-refractivity contribution is 5.49. The van der Waals surface area contributed by atoms with Crippen LogP contribution in [0, 0.1) is 13.8 Å². The molecule has 0 aliphatic rings. The Kier molecular flexibility index (Phi) is 3.97. The zero-order valence-corrected chi connectivity index (χ0v) is 12.8. The molecule has 0 amide bonds. The molecule has 0 spiro atoms. The third-order valence-electron chi connectivity index (χ3n) is 3.39. The summed E-state index contributed by atoms with van der Waals surface area (Å²) < 4.78 is 10.9. The molecule has 22 heavy (non-hydrogen) atoms. The highest BCUT2D eigenvalue weighted by Crippen LogP contribution is 2.18. The minimum Gasteiger partial charge on any atom is -0.419 e. The topological polar surface area (TPSA) is 81.1 Å². The molecule has 0 atom stereocenters. The average molecular weight is 299 g/mol. The van der Waals surface area contributed by atoms with Gasteiger partial charge < -0.3 is 8.94 Å². The lowest BCUT2D eigenvalue weighted by molar-refractivity contribution is 0.280. The molecule has 3 rings (SSSR count). The normalized spacial score (nSPS) is 11.3. The van der Waals surface area contributed by atoms with Gasteiger partial charge in [-0.1, -0.05) is 5.16 Å². The van der Waals surface area contributed by atoms with Crippen molar-refractivity contribution < 1.29 is 8.94 Å². The molecular weight excluding hydrogens is 282 g/mol. The predicted octanol–water partition coefficient (Wildman–Crippen LogP) is 2.37. The van der Waals surface area contributed by atoms with Gasteiger partial charge in [-0.2, -0.15) is 0 Å². The number of aromatic nitrogens is 4. The van der Waals surface area contributed by atoms with Gasteiger partial charge in [-0.15, -0.1) is 10.2 Å². The Bertz CT molecular complexity index is 731. The summed E-state index contributed by atoms with van der Waals surface area (Å²) in [6, 6.07) is 3.72. The van der Waals surface area contributed by atoms with Gasteiger partial charge in [0.05, 0.1) is 17.8 Å². The van der Waals surface area contributed by atoms with Gasteiger partial charge in [0, 0.05) is 24.5 Å². The first-order valence-corrected chi connectivity index (χ1v) is 6.96. The quantitative estimate of drug-likeness (QED) is 0.715. The van der Waals surface area contributed by atoms with Gasteiger partial charge in [-0.05, 0) is 33.0 Å². The van der Waals surface area contributed by atoms with Crippen LogP contribution in [0.1, 0.15) is 22.9 Å². The second-order valence-electron chi connectivity index (χ2n) is 5.22. The lowest BCUT2D eigenvalue weighted by Gasteiger charge is -2.13. The largest absolute Gasteiger partial charge is 0.419 e. The predicted molar refractivity (Wildman–Crippen MR) is 78.7 cm³/mol. The molecule has 0 bridgehead atoms. The van der Waals surface area contributed by atoms with E-state index in [1.807, 2.05) is 33.0 Å². The molecule has 7 heteroatoms. The third kappa shape index (κ3) is 3.04. The van der Waals surface area contributed by atoms with E-state index in [1.54, 1.807) is 12.4 Å². The molecule has 0 fully saturated rings. The van der Waals surface area contributed by atoms with Gasteiger partial charge in [0.2, 0.25) is 11.8 Å². The molecule has 3 aromatic rings. The molecule has 0 aromatic carbocycles. The molecule has 7 nitrogen and oxygen atoms in total. The summed E-state index contributed by atoms with van der Waals surface area (Å²) in [6.07, 6.45) is 3.41. The molecule has 3 aromatic heterocycles. The van der Waals surface area contributed by atoms with E-state index in [1.165, 1.54) is 0 Å². The monoisotopic (exact) mass is 299 g/mol. The summed E-state index contributed by atoms with van der Waals surface area (Å²) >= 11 is 0. The van der Waals surface area contributed by atoms with Crippen molar-refractivity contribution in [2.75, 3.05) is 7.05 Å². The summed E-state index contributed by atoms with van der Waals surface area (Å²) in [5, 5.41) is 12.1. The Morgan fingerprint density at radius 2 is 2.05 bits per heavy atom. The highest BCUT2D eigenvalue weighted by Gasteiger charge is 2.14. The molecule has 0 aliphatic heterocycles. The molecule has 114 valence electrons. The van der Waals surface area contributed by atoms with Crippen molar-refractivity contribution in [3.63, 3.8) is 0 Å². The van der Waals surface area contributed by atoms with E-state index in [9.17, 15) is 0 Å². The van der Waals surface area contributed by atoms with Crippen LogP contribution in [-0.4, -0.2) is 32.3 Å². The zero-order chi connectivity index (χ0) is 15.5. The maximum Gasteiger partial charge on any atom is 0.249 e. The van der Waals surface area contributed by atoms with Gasteiger partial charge in [0.25, 0.3) is 0 Å². The van der Waals surface area contributed by atoms with Gasteiger partial charge in [0.15, 0.2) is 0 Å². The minimum absolute atomic E-state index is 0.480. The molecule has 0 saturated heterocycles. The van der Waals surface area contributed by atoms with Crippen LogP contribution >= 0.6 is 0 Å². The lowest BCUT2D eigenvalue weighted by Crippen LogP contribution is -2.18. The average Bonchev–Trinajstić information content (AvgIpc) is 3.10. The Morgan fingerprint density at radius 1 is 1.18 bits per heavy atom. The van der Waals surface area contributed by atoms with Crippen molar-refractivity contribution in [1.29, 1.82) is 0 Å². The van der Waals surface area contributed by atoms with Crippen molar-refractivity contribution >= 4 is 0 Å². The second-order valence-corrected chi connectivity index (χ2v) is 5.22. The second kappa shape index (κ2) is 6.07. The lowest BCUT2D eigenvalue weighted by atomic mass is 10.2. The fourth-order valence-corrected chi connectivity index (χ4v) is 2.21. The molecule has 3 heterocycles. The minimum atomic E-state index is 0.480. The van der Waals surface area contributed by atoms with Gasteiger partial charge in [0.1, 0.15) is 5.76 Å². The van der Waals surface area contributed by atoms with Crippen LogP contribution in [0.3, 0.4) is 0 Å². The smallest absolute Gasteiger partial charge is 0.249 e. The highest BCUT2D eigenvalue weighted by atomic mass is 16.5. The number of pyridine rings is 1. The van der Waals surface area contributed by atoms with E-state index in [2.05, 4.69) is 25.2 Å². The summed E-state index contributed by atoms with van der Waals surface area (Å²) in [6.45, 7) is 5.12. The van der Waals surface area contributed by atoms with Crippen molar-refractivity contribution in [2.45, 2.75) is 26.9 Å². The van der Waals surface area contributed by atoms with E-state index in [4.69, 9.17) is 8.94 Å². The molecule has 0 N–H and O–H groups in total. The van der Waals surface area contributed by atoms with Crippen LogP contribution in [0.15, 0.2) is 33.5 Å². The van der Waals surface area contributed by atoms with Crippen LogP contribution in [0.25, 0.3) is 11.5 Å². The van der Waals surface area contributed by atoms with E-state index >= 15 is 0 Å². The third-order valence-corrected chi connectivity index (χ3v) is 3.39. The number of hydrogen-bond acceptors (Lipinski definition) is 7. The Hall–Kier alpha value is -2.54. The van der Waals surface area contributed by atoms with Crippen LogP contribution in [0.4, 0.5) is 0 Å². The maximum atomic E-state index is 5.68. The SMILES string of the molecule is Cc1noc(C)c1CN(C)Cc1nnc(-c2cccnc2)o1. The van der Waals surface area contributed by atoms with E-state index < -0.39 is 0 Å². The van der Waals surface area contributed by atoms with Crippen molar-refractivity contribution in [3.05, 3.63) is 47.4 Å². The number of aryl methyl sites for hydroxylation is 2. The van der Waals surface area contributed by atoms with Crippen LogP contribution in [-0.2, 0) is 13.1 Å². The number of hydrogen-bond donors (Lipinski definition) is 0. The first-order chi connectivity index (χ1) is 10.6. The Balaban J connectivity index is 1.68. The molecular formula is C15H17N5O2. The van der Waals surface area contributed by atoms with Crippen LogP contribution in [0.2, 0.25) is 0 Å². The van der Waals surface area contributed by atoms with E-state index in [0.717, 1.165) is 22.6 Å². The standard InChI is InChI=1S/C15H17N5O2/c1-10-13(11(2)22-19-10)8-20(3)9-14-17-18-15(21-14)12-5-4-6-16-7-12/h4-7H,8-9H2,1-3H3. The Morgan fingerprint density at radius 3 is 2.73 bits per heavy atom. The maximum absolute atomic E-state index is 5.68. The fourth-order valence-electron chi connectivity index (χ4n) is 2.21. The van der Waals surface area contributed by atoms with E-state index in [0.29, 0.717) is 24.9 Å². The van der Waals surface area contributed by atoms with Crippen molar-refractivity contribution in [2.24, 2.45) is 0 Å². The summed E-state index contributed by atoms with van der Waals surface area (Å²) in [5.74, 6) is 1.88. The zero-order valence-electron chi connectivity index (χ0n) is 12.8. The first kappa shape index (κ1) is 14.4. The van der Waals surface area contributed by atoms with Crippen molar-refractivity contribution in [3.8, 4) is 11.5 Å². The molecule has 0 aliphatic carbocycles.